The minimum atomic E-state index is 0.635. The van der Waals surface area contributed by atoms with Gasteiger partial charge in [0.05, 0.1) is 0 Å². The monoisotopic (exact) mass is 712 g/mol. The van der Waals surface area contributed by atoms with Crippen LogP contribution >= 0.6 is 70.6 Å². The van der Waals surface area contributed by atoms with E-state index < -0.39 is 0 Å². The first-order chi connectivity index (χ1) is 21.1. The van der Waals surface area contributed by atoms with Gasteiger partial charge in [-0.1, -0.05) is 57.8 Å². The maximum absolute atomic E-state index is 2.28. The van der Waals surface area contributed by atoms with Crippen LogP contribution in [0.25, 0.3) is 0 Å². The van der Waals surface area contributed by atoms with Crippen molar-refractivity contribution < 1.29 is 0 Å². The Morgan fingerprint density at radius 2 is 0.395 bits per heavy atom. The Hall–Kier alpha value is 2.10. The van der Waals surface area contributed by atoms with Crippen LogP contribution in [0.5, 0.6) is 0 Å². The molecule has 0 N–H and O–H groups in total. The number of hydrogen-bond donors (Lipinski definition) is 0. The summed E-state index contributed by atoms with van der Waals surface area (Å²) in [5.74, 6) is 8.09. The van der Waals surface area contributed by atoms with E-state index in [1.165, 1.54) is 182 Å². The molecule has 0 radical (unpaired) electrons. The molecule has 0 aliphatic heterocycles. The van der Waals surface area contributed by atoms with E-state index in [9.17, 15) is 0 Å². The summed E-state index contributed by atoms with van der Waals surface area (Å²) in [6.45, 7) is 0. The van der Waals surface area contributed by atoms with Crippen LogP contribution in [0.3, 0.4) is 0 Å². The van der Waals surface area contributed by atoms with Crippen LogP contribution in [-0.4, -0.2) is 72.1 Å². The van der Waals surface area contributed by atoms with E-state index in [-0.39, 0.29) is 0 Å². The van der Waals surface area contributed by atoms with E-state index in [2.05, 4.69) is 37.5 Å². The number of rotatable bonds is 36. The van der Waals surface area contributed by atoms with Crippen molar-refractivity contribution in [3.8, 4) is 0 Å². The molecule has 0 spiro atoms. The smallest absolute Gasteiger partial charge is 0.00701 e. The molecule has 0 heterocycles. The van der Waals surface area contributed by atoms with Crippen LogP contribution in [0.4, 0.5) is 0 Å². The highest BCUT2D eigenvalue weighted by Crippen LogP contribution is 2.42. The zero-order chi connectivity index (χ0) is 31.7. The Labute approximate surface area is 299 Å². The van der Waals surface area contributed by atoms with Gasteiger partial charge >= 0.3 is 0 Å². The molecule has 0 aromatic rings. The highest BCUT2D eigenvalue weighted by molar-refractivity contribution is 7.99. The second-order valence-corrected chi connectivity index (χ2v) is 19.2. The Morgan fingerprint density at radius 1 is 0.233 bits per heavy atom. The van der Waals surface area contributed by atoms with Gasteiger partial charge in [-0.3, -0.25) is 0 Å². The minimum absolute atomic E-state index is 0.635. The summed E-state index contributed by atoms with van der Waals surface area (Å²) < 4.78 is 0. The molecule has 260 valence electrons. The van der Waals surface area contributed by atoms with Gasteiger partial charge in [0.1, 0.15) is 0 Å². The standard InChI is InChI=1S/C37H76S6/c1-38-30-16-24-36(25-17-31-39-2,26-18-32-40-3)22-14-12-10-8-7-9-11-13-15-23-37(27-19-33-41-4,28-20-34-42-5)29-21-35-43-6/h7-35H2,1-6H3. The summed E-state index contributed by atoms with van der Waals surface area (Å²) in [5, 5.41) is 0. The zero-order valence-corrected chi connectivity index (χ0v) is 34.9. The van der Waals surface area contributed by atoms with Crippen LogP contribution < -0.4 is 0 Å². The fourth-order valence-electron chi connectivity index (χ4n) is 7.29. The van der Waals surface area contributed by atoms with Crippen LogP contribution in [-0.2, 0) is 0 Å². The summed E-state index contributed by atoms with van der Waals surface area (Å²) in [7, 11) is 0. The van der Waals surface area contributed by atoms with Gasteiger partial charge in [0.2, 0.25) is 0 Å². The molecule has 0 amide bonds. The molecule has 0 aliphatic rings. The molecule has 0 atom stereocenters. The molecular weight excluding hydrogens is 637 g/mol. The van der Waals surface area contributed by atoms with E-state index in [1.807, 2.05) is 70.6 Å². The molecule has 0 unspecified atom stereocenters. The lowest BCUT2D eigenvalue weighted by Gasteiger charge is -2.35. The van der Waals surface area contributed by atoms with Gasteiger partial charge in [0, 0.05) is 0 Å². The maximum atomic E-state index is 2.28. The summed E-state index contributed by atoms with van der Waals surface area (Å²) in [6, 6.07) is 0. The molecule has 0 aromatic heterocycles. The normalized spacial score (nSPS) is 12.4. The van der Waals surface area contributed by atoms with E-state index in [1.54, 1.807) is 0 Å². The van der Waals surface area contributed by atoms with Gasteiger partial charge in [-0.25, -0.2) is 0 Å². The van der Waals surface area contributed by atoms with Crippen LogP contribution in [0.2, 0.25) is 0 Å². The molecule has 0 saturated carbocycles. The van der Waals surface area contributed by atoms with E-state index >= 15 is 0 Å². The molecule has 0 fully saturated rings. The Bertz CT molecular complexity index is 444. The third-order valence-electron chi connectivity index (χ3n) is 9.75. The molecule has 0 rings (SSSR count). The van der Waals surface area contributed by atoms with E-state index in [0.29, 0.717) is 10.8 Å². The van der Waals surface area contributed by atoms with Gasteiger partial charge in [-0.2, -0.15) is 70.6 Å². The zero-order valence-electron chi connectivity index (χ0n) is 30.0. The average molecular weight is 713 g/mol. The second-order valence-electron chi connectivity index (χ2n) is 13.3. The molecule has 0 aromatic carbocycles. The lowest BCUT2D eigenvalue weighted by Crippen LogP contribution is -2.22. The predicted octanol–water partition coefficient (Wildman–Crippen LogP) is 14.1. The van der Waals surface area contributed by atoms with Crippen molar-refractivity contribution in [1.29, 1.82) is 0 Å². The van der Waals surface area contributed by atoms with Crippen LogP contribution in [0, 0.1) is 10.8 Å². The number of hydrogen-bond acceptors (Lipinski definition) is 6. The average Bonchev–Trinajstić information content (AvgIpc) is 3.00. The summed E-state index contributed by atoms with van der Waals surface area (Å²) >= 11 is 12.3. The van der Waals surface area contributed by atoms with Crippen LogP contribution in [0.15, 0.2) is 0 Å². The first kappa shape index (κ1) is 45.1. The van der Waals surface area contributed by atoms with Gasteiger partial charge in [0.15, 0.2) is 0 Å². The van der Waals surface area contributed by atoms with Gasteiger partial charge < -0.3 is 0 Å². The Kier molecular flexibility index (Phi) is 35.6. The fraction of sp³-hybridized carbons (Fsp3) is 1.00. The fourth-order valence-corrected chi connectivity index (χ4v) is 9.88. The SMILES string of the molecule is CSCCCC(CCCCCCCCCCCC(CCCSC)(CCCSC)CCCSC)(CCCSC)CCCSC. The lowest BCUT2D eigenvalue weighted by atomic mass is 9.72. The van der Waals surface area contributed by atoms with Gasteiger partial charge in [-0.05, 0) is 173 Å². The van der Waals surface area contributed by atoms with E-state index in [4.69, 9.17) is 0 Å². The largest absolute Gasteiger partial charge is 0.165 e. The Balaban J connectivity index is 4.49. The first-order valence-corrected chi connectivity index (χ1v) is 26.4. The highest BCUT2D eigenvalue weighted by Gasteiger charge is 2.29. The van der Waals surface area contributed by atoms with Crippen molar-refractivity contribution in [1.82, 2.24) is 0 Å². The van der Waals surface area contributed by atoms with Gasteiger partial charge in [0.25, 0.3) is 0 Å². The van der Waals surface area contributed by atoms with Crippen molar-refractivity contribution in [3.63, 3.8) is 0 Å². The van der Waals surface area contributed by atoms with Crippen molar-refractivity contribution in [3.05, 3.63) is 0 Å². The second kappa shape index (κ2) is 34.0. The summed E-state index contributed by atoms with van der Waals surface area (Å²) in [5.41, 5.74) is 1.27. The van der Waals surface area contributed by atoms with Crippen LogP contribution in [0.1, 0.15) is 148 Å². The quantitative estimate of drug-likeness (QED) is 0.0589. The topological polar surface area (TPSA) is 0 Å². The van der Waals surface area contributed by atoms with Crippen molar-refractivity contribution in [2.45, 2.75) is 148 Å². The van der Waals surface area contributed by atoms with Crippen molar-refractivity contribution >= 4 is 70.6 Å². The number of thioether (sulfide) groups is 6. The summed E-state index contributed by atoms with van der Waals surface area (Å²) in [6.07, 6.45) is 47.4. The molecule has 43 heavy (non-hydrogen) atoms. The third-order valence-corrected chi connectivity index (χ3v) is 13.9. The molecule has 0 bridgehead atoms. The van der Waals surface area contributed by atoms with Crippen molar-refractivity contribution in [2.75, 3.05) is 72.1 Å². The Morgan fingerprint density at radius 3 is 0.581 bits per heavy atom. The lowest BCUT2D eigenvalue weighted by molar-refractivity contribution is 0.187. The molecule has 0 saturated heterocycles. The highest BCUT2D eigenvalue weighted by atomic mass is 32.2. The summed E-state index contributed by atoms with van der Waals surface area (Å²) in [4.78, 5) is 0. The van der Waals surface area contributed by atoms with E-state index in [0.717, 1.165) is 0 Å². The molecule has 0 aliphatic carbocycles. The first-order valence-electron chi connectivity index (χ1n) is 18.0. The maximum Gasteiger partial charge on any atom is -0.00701 e. The number of unbranched alkanes of at least 4 members (excludes halogenated alkanes) is 8. The minimum Gasteiger partial charge on any atom is -0.165 e. The molecule has 6 heteroatoms. The predicted molar refractivity (Wildman–Crippen MR) is 221 cm³/mol. The molecule has 0 nitrogen and oxygen atoms in total. The van der Waals surface area contributed by atoms with Gasteiger partial charge in [-0.15, -0.1) is 0 Å². The molecular formula is C37H76S6. The van der Waals surface area contributed by atoms with Crippen molar-refractivity contribution in [2.24, 2.45) is 10.8 Å². The third kappa shape index (κ3) is 26.7.